The smallest absolute Gasteiger partial charge is 0.258 e. The molecular formula is C13H18N2O2S. The lowest BCUT2D eigenvalue weighted by atomic mass is 10.1. The third kappa shape index (κ3) is 2.86. The Morgan fingerprint density at radius 3 is 2.44 bits per heavy atom. The molecule has 0 unspecified atom stereocenters. The highest BCUT2D eigenvalue weighted by atomic mass is 32.1. The number of carbonyl (C=O) groups is 1. The molecule has 0 aliphatic rings. The maximum atomic E-state index is 12.3. The predicted molar refractivity (Wildman–Crippen MR) is 76.8 cm³/mol. The van der Waals surface area contributed by atoms with Crippen molar-refractivity contribution in [3.05, 3.63) is 29.8 Å². The summed E-state index contributed by atoms with van der Waals surface area (Å²) in [4.78, 5) is 14.1. The molecule has 0 heterocycles. The number of hydrogen-bond donors (Lipinski definition) is 1. The van der Waals surface area contributed by atoms with Gasteiger partial charge in [0.2, 0.25) is 0 Å². The Labute approximate surface area is 113 Å². The summed E-state index contributed by atoms with van der Waals surface area (Å²) in [5.41, 5.74) is 6.12. The van der Waals surface area contributed by atoms with Gasteiger partial charge < -0.3 is 15.4 Å². The number of carbonyl (C=O) groups excluding carboxylic acids is 1. The van der Waals surface area contributed by atoms with Gasteiger partial charge in [-0.05, 0) is 26.0 Å². The molecule has 2 N–H and O–H groups in total. The molecule has 98 valence electrons. The molecule has 0 radical (unpaired) electrons. The van der Waals surface area contributed by atoms with Crippen molar-refractivity contribution in [2.45, 2.75) is 19.4 Å². The number of rotatable bonds is 4. The number of amides is 1. The molecule has 4 nitrogen and oxygen atoms in total. The zero-order chi connectivity index (χ0) is 13.9. The summed E-state index contributed by atoms with van der Waals surface area (Å²) in [6, 6.07) is 7.26. The van der Waals surface area contributed by atoms with Gasteiger partial charge in [-0.25, -0.2) is 0 Å². The van der Waals surface area contributed by atoms with Crippen molar-refractivity contribution >= 4 is 28.8 Å². The topological polar surface area (TPSA) is 55.6 Å². The molecule has 1 aromatic rings. The number of para-hydroxylation sites is 1. The predicted octanol–water partition coefficient (Wildman–Crippen LogP) is 1.71. The van der Waals surface area contributed by atoms with Crippen LogP contribution in [-0.4, -0.2) is 30.7 Å². The van der Waals surface area contributed by atoms with Gasteiger partial charge in [0.1, 0.15) is 10.6 Å². The lowest BCUT2D eigenvalue weighted by Crippen LogP contribution is -2.45. The van der Waals surface area contributed by atoms with Crippen molar-refractivity contribution in [2.24, 2.45) is 5.73 Å². The SMILES string of the molecule is COC(C)(C)C(=O)N(C)c1ccccc1C(N)=S. The largest absolute Gasteiger partial charge is 0.389 e. The molecule has 5 heteroatoms. The fourth-order valence-electron chi connectivity index (χ4n) is 1.58. The number of methoxy groups -OCH3 is 1. The number of hydrogen-bond acceptors (Lipinski definition) is 3. The van der Waals surface area contributed by atoms with Gasteiger partial charge >= 0.3 is 0 Å². The Morgan fingerprint density at radius 2 is 1.94 bits per heavy atom. The average Bonchev–Trinajstić information content (AvgIpc) is 2.36. The summed E-state index contributed by atoms with van der Waals surface area (Å²) in [5, 5.41) is 0. The van der Waals surface area contributed by atoms with E-state index in [2.05, 4.69) is 0 Å². The molecule has 0 saturated carbocycles. The van der Waals surface area contributed by atoms with Gasteiger partial charge in [-0.1, -0.05) is 24.4 Å². The minimum absolute atomic E-state index is 0.159. The first-order chi connectivity index (χ1) is 8.31. The zero-order valence-corrected chi connectivity index (χ0v) is 11.9. The average molecular weight is 266 g/mol. The second kappa shape index (κ2) is 5.46. The van der Waals surface area contributed by atoms with Crippen LogP contribution in [0.15, 0.2) is 24.3 Å². The fraction of sp³-hybridized carbons (Fsp3) is 0.385. The lowest BCUT2D eigenvalue weighted by molar-refractivity contribution is -0.136. The van der Waals surface area contributed by atoms with Crippen LogP contribution in [0.4, 0.5) is 5.69 Å². The molecule has 1 aromatic carbocycles. The molecule has 0 bridgehead atoms. The summed E-state index contributed by atoms with van der Waals surface area (Å²) in [7, 11) is 3.19. The standard InChI is InChI=1S/C13H18N2O2S/c1-13(2,17-4)12(16)15(3)10-8-6-5-7-9(10)11(14)18/h5-8H,1-4H3,(H2,14,18). The van der Waals surface area contributed by atoms with Crippen LogP contribution in [0.2, 0.25) is 0 Å². The van der Waals surface area contributed by atoms with Gasteiger partial charge in [-0.3, -0.25) is 4.79 Å². The Hall–Kier alpha value is -1.46. The fourth-order valence-corrected chi connectivity index (χ4v) is 1.75. The van der Waals surface area contributed by atoms with E-state index in [1.54, 1.807) is 33.0 Å². The first-order valence-corrected chi connectivity index (χ1v) is 5.94. The summed E-state index contributed by atoms with van der Waals surface area (Å²) >= 11 is 4.99. The van der Waals surface area contributed by atoms with E-state index in [9.17, 15) is 4.79 Å². The molecule has 1 amide bonds. The van der Waals surface area contributed by atoms with E-state index in [-0.39, 0.29) is 10.9 Å². The molecular weight excluding hydrogens is 248 g/mol. The molecule has 1 rings (SSSR count). The molecule has 0 aliphatic carbocycles. The maximum absolute atomic E-state index is 12.3. The highest BCUT2D eigenvalue weighted by Gasteiger charge is 2.31. The Balaban J connectivity index is 3.16. The minimum Gasteiger partial charge on any atom is -0.389 e. The lowest BCUT2D eigenvalue weighted by Gasteiger charge is -2.29. The van der Waals surface area contributed by atoms with Gasteiger partial charge in [-0.15, -0.1) is 0 Å². The zero-order valence-electron chi connectivity index (χ0n) is 11.1. The van der Waals surface area contributed by atoms with Crippen molar-refractivity contribution in [2.75, 3.05) is 19.1 Å². The number of benzene rings is 1. The quantitative estimate of drug-likeness (QED) is 0.843. The monoisotopic (exact) mass is 266 g/mol. The minimum atomic E-state index is -0.891. The van der Waals surface area contributed by atoms with Gasteiger partial charge in [-0.2, -0.15) is 0 Å². The van der Waals surface area contributed by atoms with Crippen molar-refractivity contribution in [1.29, 1.82) is 0 Å². The number of ether oxygens (including phenoxy) is 1. The number of thiocarbonyl (C=S) groups is 1. The van der Waals surface area contributed by atoms with E-state index < -0.39 is 5.60 Å². The van der Waals surface area contributed by atoms with Crippen molar-refractivity contribution in [3.8, 4) is 0 Å². The first kappa shape index (κ1) is 14.6. The van der Waals surface area contributed by atoms with Crippen molar-refractivity contribution in [3.63, 3.8) is 0 Å². The van der Waals surface area contributed by atoms with Crippen molar-refractivity contribution < 1.29 is 9.53 Å². The summed E-state index contributed by atoms with van der Waals surface area (Å²) in [6.45, 7) is 3.43. The third-order valence-electron chi connectivity index (χ3n) is 2.86. The van der Waals surface area contributed by atoms with E-state index in [4.69, 9.17) is 22.7 Å². The number of anilines is 1. The van der Waals surface area contributed by atoms with Gasteiger partial charge in [0, 0.05) is 19.7 Å². The number of likely N-dealkylation sites (N-methyl/N-ethyl adjacent to an activating group) is 1. The highest BCUT2D eigenvalue weighted by Crippen LogP contribution is 2.22. The Morgan fingerprint density at radius 1 is 1.39 bits per heavy atom. The summed E-state index contributed by atoms with van der Waals surface area (Å²) < 4.78 is 5.19. The van der Waals surface area contributed by atoms with Crippen molar-refractivity contribution in [1.82, 2.24) is 0 Å². The summed E-state index contributed by atoms with van der Waals surface area (Å²) in [5.74, 6) is -0.159. The second-order valence-electron chi connectivity index (χ2n) is 4.46. The van der Waals surface area contributed by atoms with Gasteiger partial charge in [0.05, 0.1) is 5.69 Å². The first-order valence-electron chi connectivity index (χ1n) is 5.53. The van der Waals surface area contributed by atoms with Crippen LogP contribution < -0.4 is 10.6 Å². The third-order valence-corrected chi connectivity index (χ3v) is 3.08. The van der Waals surface area contributed by atoms with Crippen LogP contribution in [0.1, 0.15) is 19.4 Å². The van der Waals surface area contributed by atoms with Crippen LogP contribution in [0.5, 0.6) is 0 Å². The van der Waals surface area contributed by atoms with Gasteiger partial charge in [0.15, 0.2) is 0 Å². The second-order valence-corrected chi connectivity index (χ2v) is 4.90. The molecule has 0 aliphatic heterocycles. The van der Waals surface area contributed by atoms with Crippen LogP contribution in [0.25, 0.3) is 0 Å². The molecule has 0 saturated heterocycles. The highest BCUT2D eigenvalue weighted by molar-refractivity contribution is 7.80. The Kier molecular flexibility index (Phi) is 4.43. The molecule has 0 fully saturated rings. The molecule has 0 aromatic heterocycles. The summed E-state index contributed by atoms with van der Waals surface area (Å²) in [6.07, 6.45) is 0. The van der Waals surface area contributed by atoms with Crippen LogP contribution in [0, 0.1) is 0 Å². The van der Waals surface area contributed by atoms with Crippen LogP contribution in [-0.2, 0) is 9.53 Å². The van der Waals surface area contributed by atoms with E-state index in [1.165, 1.54) is 12.0 Å². The van der Waals surface area contributed by atoms with Crippen LogP contribution >= 0.6 is 12.2 Å². The number of nitrogens with zero attached hydrogens (tertiary/aromatic N) is 1. The maximum Gasteiger partial charge on any atom is 0.258 e. The van der Waals surface area contributed by atoms with E-state index >= 15 is 0 Å². The van der Waals surface area contributed by atoms with E-state index in [0.717, 1.165) is 0 Å². The molecule has 0 spiro atoms. The molecule has 0 atom stereocenters. The van der Waals surface area contributed by atoms with Crippen LogP contribution in [0.3, 0.4) is 0 Å². The van der Waals surface area contributed by atoms with E-state index in [1.807, 2.05) is 12.1 Å². The van der Waals surface area contributed by atoms with E-state index in [0.29, 0.717) is 11.3 Å². The number of nitrogens with two attached hydrogens (primary N) is 1. The Bertz CT molecular complexity index is 472. The normalized spacial score (nSPS) is 11.1. The molecule has 18 heavy (non-hydrogen) atoms. The van der Waals surface area contributed by atoms with Gasteiger partial charge in [0.25, 0.3) is 5.91 Å².